The maximum atomic E-state index is 5.71. The van der Waals surface area contributed by atoms with Crippen molar-refractivity contribution >= 4 is 0 Å². The van der Waals surface area contributed by atoms with E-state index in [1.165, 1.54) is 11.1 Å². The van der Waals surface area contributed by atoms with E-state index >= 15 is 0 Å². The predicted octanol–water partition coefficient (Wildman–Crippen LogP) is 2.84. The summed E-state index contributed by atoms with van der Waals surface area (Å²) in [4.78, 5) is 4.38. The monoisotopic (exact) mass is 284 g/mol. The Hall–Kier alpha value is -2.07. The zero-order valence-corrected chi connectivity index (χ0v) is 12.3. The van der Waals surface area contributed by atoms with Gasteiger partial charge in [0.1, 0.15) is 0 Å². The van der Waals surface area contributed by atoms with E-state index in [9.17, 15) is 0 Å². The number of benzene rings is 1. The van der Waals surface area contributed by atoms with Crippen LogP contribution in [0.1, 0.15) is 23.2 Å². The van der Waals surface area contributed by atoms with Crippen molar-refractivity contribution in [1.82, 2.24) is 10.3 Å². The van der Waals surface area contributed by atoms with Crippen molar-refractivity contribution in [3.05, 3.63) is 53.3 Å². The van der Waals surface area contributed by atoms with Crippen LogP contribution in [0.5, 0.6) is 11.5 Å². The molecule has 4 heteroatoms. The van der Waals surface area contributed by atoms with Gasteiger partial charge in [0.15, 0.2) is 11.5 Å². The highest BCUT2D eigenvalue weighted by Gasteiger charge is 2.10. The lowest BCUT2D eigenvalue weighted by Crippen LogP contribution is -2.14. The molecular formula is C17H20N2O2. The fourth-order valence-corrected chi connectivity index (χ4v) is 2.35. The van der Waals surface area contributed by atoms with Gasteiger partial charge < -0.3 is 14.8 Å². The predicted molar refractivity (Wildman–Crippen MR) is 81.6 cm³/mol. The molecule has 0 saturated carbocycles. The minimum atomic E-state index is 0.719. The lowest BCUT2D eigenvalue weighted by Gasteiger charge is -2.10. The van der Waals surface area contributed by atoms with E-state index in [0.717, 1.165) is 49.9 Å². The molecule has 0 fully saturated rings. The molecule has 1 aromatic heterocycles. The smallest absolute Gasteiger partial charge is 0.161 e. The number of ether oxygens (including phenoxy) is 2. The molecule has 0 atom stereocenters. The number of aryl methyl sites for hydroxylation is 1. The van der Waals surface area contributed by atoms with Crippen LogP contribution in [0.15, 0.2) is 36.5 Å². The van der Waals surface area contributed by atoms with Gasteiger partial charge in [0.2, 0.25) is 0 Å². The molecule has 0 bridgehead atoms. The lowest BCUT2D eigenvalue weighted by atomic mass is 10.2. The first-order valence-corrected chi connectivity index (χ1v) is 7.32. The molecule has 0 unspecified atom stereocenters. The molecule has 0 radical (unpaired) electrons. The van der Waals surface area contributed by atoms with Gasteiger partial charge in [0.25, 0.3) is 0 Å². The summed E-state index contributed by atoms with van der Waals surface area (Å²) >= 11 is 0. The number of aromatic nitrogens is 1. The number of nitrogens with zero attached hydrogens (tertiary/aromatic N) is 1. The van der Waals surface area contributed by atoms with Gasteiger partial charge in [-0.3, -0.25) is 4.98 Å². The molecule has 2 aromatic rings. The molecule has 3 rings (SSSR count). The highest BCUT2D eigenvalue weighted by Crippen LogP contribution is 2.30. The zero-order chi connectivity index (χ0) is 14.5. The first-order valence-electron chi connectivity index (χ1n) is 7.32. The van der Waals surface area contributed by atoms with E-state index in [0.29, 0.717) is 0 Å². The Kier molecular flexibility index (Phi) is 4.36. The minimum absolute atomic E-state index is 0.719. The van der Waals surface area contributed by atoms with E-state index in [2.05, 4.69) is 35.4 Å². The van der Waals surface area contributed by atoms with Crippen LogP contribution in [0.25, 0.3) is 0 Å². The molecule has 110 valence electrons. The van der Waals surface area contributed by atoms with Crippen LogP contribution in [0.3, 0.4) is 0 Å². The molecule has 0 saturated heterocycles. The van der Waals surface area contributed by atoms with Gasteiger partial charge in [-0.15, -0.1) is 0 Å². The van der Waals surface area contributed by atoms with Crippen LogP contribution >= 0.6 is 0 Å². The van der Waals surface area contributed by atoms with Crippen molar-refractivity contribution in [1.29, 1.82) is 0 Å². The second kappa shape index (κ2) is 6.59. The SMILES string of the molecule is Cc1cccnc1CNCc1ccc2c(c1)OCCCO2. The van der Waals surface area contributed by atoms with Gasteiger partial charge in [0.05, 0.1) is 18.9 Å². The Labute approximate surface area is 125 Å². The quantitative estimate of drug-likeness (QED) is 0.937. The highest BCUT2D eigenvalue weighted by molar-refractivity contribution is 5.43. The van der Waals surface area contributed by atoms with Crippen molar-refractivity contribution in [2.24, 2.45) is 0 Å². The van der Waals surface area contributed by atoms with E-state index < -0.39 is 0 Å². The first-order chi connectivity index (χ1) is 10.3. The Bertz CT molecular complexity index is 613. The molecule has 1 aromatic carbocycles. The third-order valence-electron chi connectivity index (χ3n) is 3.55. The van der Waals surface area contributed by atoms with E-state index in [4.69, 9.17) is 9.47 Å². The van der Waals surface area contributed by atoms with E-state index in [1.54, 1.807) is 0 Å². The average molecular weight is 284 g/mol. The maximum Gasteiger partial charge on any atom is 0.161 e. The molecule has 4 nitrogen and oxygen atoms in total. The van der Waals surface area contributed by atoms with Crippen LogP contribution in [0.2, 0.25) is 0 Å². The molecular weight excluding hydrogens is 264 g/mol. The molecule has 1 N–H and O–H groups in total. The molecule has 1 aliphatic rings. The molecule has 0 aliphatic carbocycles. The number of hydrogen-bond acceptors (Lipinski definition) is 4. The van der Waals surface area contributed by atoms with Crippen molar-refractivity contribution in [3.8, 4) is 11.5 Å². The summed E-state index contributed by atoms with van der Waals surface area (Å²) in [6.07, 6.45) is 2.76. The second-order valence-corrected chi connectivity index (χ2v) is 5.20. The molecule has 0 amide bonds. The van der Waals surface area contributed by atoms with Gasteiger partial charge in [-0.05, 0) is 36.2 Å². The summed E-state index contributed by atoms with van der Waals surface area (Å²) in [5.74, 6) is 1.69. The Morgan fingerprint density at radius 3 is 2.81 bits per heavy atom. The van der Waals surface area contributed by atoms with Crippen LogP contribution in [0.4, 0.5) is 0 Å². The fraction of sp³-hybridized carbons (Fsp3) is 0.353. The molecule has 0 spiro atoms. The summed E-state index contributed by atoms with van der Waals surface area (Å²) in [5.41, 5.74) is 3.49. The molecule has 21 heavy (non-hydrogen) atoms. The Morgan fingerprint density at radius 1 is 1.10 bits per heavy atom. The third kappa shape index (κ3) is 3.52. The summed E-state index contributed by atoms with van der Waals surface area (Å²) in [5, 5.41) is 3.42. The Balaban J connectivity index is 1.61. The number of pyridine rings is 1. The van der Waals surface area contributed by atoms with Gasteiger partial charge >= 0.3 is 0 Å². The Morgan fingerprint density at radius 2 is 1.95 bits per heavy atom. The fourth-order valence-electron chi connectivity index (χ4n) is 2.35. The van der Waals surface area contributed by atoms with Gasteiger partial charge in [-0.1, -0.05) is 12.1 Å². The topological polar surface area (TPSA) is 43.4 Å². The summed E-state index contributed by atoms with van der Waals surface area (Å²) in [6, 6.07) is 10.2. The number of fused-ring (bicyclic) bond motifs is 1. The van der Waals surface area contributed by atoms with Gasteiger partial charge in [-0.2, -0.15) is 0 Å². The van der Waals surface area contributed by atoms with Gasteiger partial charge in [0, 0.05) is 25.7 Å². The average Bonchev–Trinajstić information content (AvgIpc) is 2.74. The van der Waals surface area contributed by atoms with Crippen molar-refractivity contribution in [2.75, 3.05) is 13.2 Å². The van der Waals surface area contributed by atoms with Crippen LogP contribution in [0, 0.1) is 6.92 Å². The normalized spacial score (nSPS) is 13.8. The van der Waals surface area contributed by atoms with Gasteiger partial charge in [-0.25, -0.2) is 0 Å². The van der Waals surface area contributed by atoms with E-state index in [-0.39, 0.29) is 0 Å². The van der Waals surface area contributed by atoms with Crippen molar-refractivity contribution in [2.45, 2.75) is 26.4 Å². The van der Waals surface area contributed by atoms with Crippen LogP contribution in [-0.4, -0.2) is 18.2 Å². The second-order valence-electron chi connectivity index (χ2n) is 5.20. The summed E-state index contributed by atoms with van der Waals surface area (Å²) in [6.45, 7) is 5.08. The van der Waals surface area contributed by atoms with E-state index in [1.807, 2.05) is 18.3 Å². The van der Waals surface area contributed by atoms with Crippen molar-refractivity contribution < 1.29 is 9.47 Å². The number of hydrogen-bond donors (Lipinski definition) is 1. The largest absolute Gasteiger partial charge is 0.490 e. The van der Waals surface area contributed by atoms with Crippen LogP contribution in [-0.2, 0) is 13.1 Å². The lowest BCUT2D eigenvalue weighted by molar-refractivity contribution is 0.297. The molecule has 1 aliphatic heterocycles. The maximum absolute atomic E-state index is 5.71. The standard InChI is InChI=1S/C17H20N2O2/c1-13-4-2-7-19-15(13)12-18-11-14-5-6-16-17(10-14)21-9-3-8-20-16/h2,4-7,10,18H,3,8-9,11-12H2,1H3. The third-order valence-corrected chi connectivity index (χ3v) is 3.55. The van der Waals surface area contributed by atoms with Crippen LogP contribution < -0.4 is 14.8 Å². The number of rotatable bonds is 4. The summed E-state index contributed by atoms with van der Waals surface area (Å²) in [7, 11) is 0. The first kappa shape index (κ1) is 13.9. The summed E-state index contributed by atoms with van der Waals surface area (Å²) < 4.78 is 11.3. The van der Waals surface area contributed by atoms with Crippen molar-refractivity contribution in [3.63, 3.8) is 0 Å². The minimum Gasteiger partial charge on any atom is -0.490 e. The zero-order valence-electron chi connectivity index (χ0n) is 12.3. The highest BCUT2D eigenvalue weighted by atomic mass is 16.5. The molecule has 2 heterocycles. The number of nitrogens with one attached hydrogen (secondary N) is 1.